The minimum absolute atomic E-state index is 0.109. The average molecular weight is 388 g/mol. The second-order valence-corrected chi connectivity index (χ2v) is 6.52. The monoisotopic (exact) mass is 387 g/mol. The van der Waals surface area contributed by atoms with E-state index in [1.165, 1.54) is 0 Å². The van der Waals surface area contributed by atoms with Crippen LogP contribution >= 0.6 is 15.9 Å². The molecule has 0 radical (unpaired) electrons. The summed E-state index contributed by atoms with van der Waals surface area (Å²) in [5.74, 6) is -0.109. The highest BCUT2D eigenvalue weighted by molar-refractivity contribution is 9.10. The van der Waals surface area contributed by atoms with Crippen LogP contribution in [0.15, 0.2) is 53.0 Å². The van der Waals surface area contributed by atoms with Gasteiger partial charge in [0.2, 0.25) is 5.91 Å². The van der Waals surface area contributed by atoms with Crippen molar-refractivity contribution in [2.45, 2.75) is 19.4 Å². The molecule has 0 aromatic heterocycles. The van der Waals surface area contributed by atoms with Gasteiger partial charge < -0.3 is 15.5 Å². The highest BCUT2D eigenvalue weighted by Crippen LogP contribution is 2.28. The van der Waals surface area contributed by atoms with Crippen molar-refractivity contribution in [3.63, 3.8) is 0 Å². The maximum Gasteiger partial charge on any atom is 0.319 e. The van der Waals surface area contributed by atoms with Gasteiger partial charge in [-0.05, 0) is 53.0 Å². The number of rotatable bonds is 3. The Morgan fingerprint density at radius 2 is 1.83 bits per heavy atom. The molecule has 1 heterocycles. The van der Waals surface area contributed by atoms with Gasteiger partial charge in [-0.2, -0.15) is 0 Å². The lowest BCUT2D eigenvalue weighted by molar-refractivity contribution is -0.119. The minimum atomic E-state index is -0.612. The van der Waals surface area contributed by atoms with Crippen molar-refractivity contribution in [1.29, 1.82) is 0 Å². The largest absolute Gasteiger partial charge is 0.326 e. The van der Waals surface area contributed by atoms with Crippen LogP contribution in [0.4, 0.5) is 16.2 Å². The lowest BCUT2D eigenvalue weighted by atomic mass is 10.2. The zero-order valence-corrected chi connectivity index (χ0v) is 14.8. The molecule has 24 heavy (non-hydrogen) atoms. The van der Waals surface area contributed by atoms with Gasteiger partial charge in [0.1, 0.15) is 6.04 Å². The molecule has 1 atom stereocenters. The van der Waals surface area contributed by atoms with Crippen molar-refractivity contribution < 1.29 is 9.59 Å². The van der Waals surface area contributed by atoms with Crippen LogP contribution in [0.2, 0.25) is 0 Å². The molecule has 0 saturated heterocycles. The van der Waals surface area contributed by atoms with E-state index in [9.17, 15) is 9.59 Å². The molecular weight excluding hydrogens is 370 g/mol. The Kier molecular flexibility index (Phi) is 4.85. The Morgan fingerprint density at radius 1 is 1.12 bits per heavy atom. The van der Waals surface area contributed by atoms with E-state index >= 15 is 0 Å². The molecule has 124 valence electrons. The number of carbonyl (C=O) groups is 2. The van der Waals surface area contributed by atoms with Crippen LogP contribution in [-0.2, 0) is 11.2 Å². The number of anilines is 2. The summed E-state index contributed by atoms with van der Waals surface area (Å²) in [6.45, 7) is 2.35. The SMILES string of the molecule is CC(NC(=O)Nc1ccccc1Br)C(=O)N1CCc2ccccc21. The molecule has 0 aliphatic carbocycles. The molecule has 1 aliphatic heterocycles. The first kappa shape index (κ1) is 16.5. The number of amides is 3. The van der Waals surface area contributed by atoms with E-state index in [0.717, 1.165) is 22.1 Å². The fourth-order valence-corrected chi connectivity index (χ4v) is 3.16. The third kappa shape index (κ3) is 3.43. The van der Waals surface area contributed by atoms with Crippen LogP contribution < -0.4 is 15.5 Å². The first-order valence-corrected chi connectivity index (χ1v) is 8.57. The molecule has 0 saturated carbocycles. The van der Waals surface area contributed by atoms with Gasteiger partial charge in [-0.25, -0.2) is 4.79 Å². The Labute approximate surface area is 149 Å². The summed E-state index contributed by atoms with van der Waals surface area (Å²) >= 11 is 3.37. The normalized spacial score (nSPS) is 14.0. The fraction of sp³-hybridized carbons (Fsp3) is 0.222. The molecule has 1 aliphatic rings. The van der Waals surface area contributed by atoms with Crippen molar-refractivity contribution in [2.75, 3.05) is 16.8 Å². The van der Waals surface area contributed by atoms with Crippen LogP contribution in [0, 0.1) is 0 Å². The number of nitrogens with one attached hydrogen (secondary N) is 2. The molecule has 0 bridgehead atoms. The smallest absolute Gasteiger partial charge is 0.319 e. The number of fused-ring (bicyclic) bond motifs is 1. The van der Waals surface area contributed by atoms with Gasteiger partial charge in [-0.1, -0.05) is 30.3 Å². The van der Waals surface area contributed by atoms with Crippen LogP contribution in [0.5, 0.6) is 0 Å². The Balaban J connectivity index is 1.63. The quantitative estimate of drug-likeness (QED) is 0.845. The van der Waals surface area contributed by atoms with E-state index in [0.29, 0.717) is 12.2 Å². The summed E-state index contributed by atoms with van der Waals surface area (Å²) in [5, 5.41) is 5.44. The van der Waals surface area contributed by atoms with Crippen molar-refractivity contribution in [3.05, 3.63) is 58.6 Å². The second-order valence-electron chi connectivity index (χ2n) is 5.67. The molecule has 2 aromatic rings. The number of carbonyl (C=O) groups excluding carboxylic acids is 2. The zero-order valence-electron chi connectivity index (χ0n) is 13.3. The number of hydrogen-bond acceptors (Lipinski definition) is 2. The number of nitrogens with zero attached hydrogens (tertiary/aromatic N) is 1. The standard InChI is InChI=1S/C18H18BrN3O2/c1-12(20-18(24)21-15-8-4-3-7-14(15)19)17(23)22-11-10-13-6-2-5-9-16(13)22/h2-9,12H,10-11H2,1H3,(H2,20,21,24). The van der Waals surface area contributed by atoms with Gasteiger partial charge >= 0.3 is 6.03 Å². The predicted octanol–water partition coefficient (Wildman–Crippen LogP) is 3.55. The molecule has 3 amide bonds. The third-order valence-corrected chi connectivity index (χ3v) is 4.68. The summed E-state index contributed by atoms with van der Waals surface area (Å²) in [6, 6.07) is 14.2. The van der Waals surface area contributed by atoms with Gasteiger partial charge in [-0.15, -0.1) is 0 Å². The van der Waals surface area contributed by atoms with Crippen molar-refractivity contribution in [2.24, 2.45) is 0 Å². The maximum atomic E-state index is 12.6. The molecule has 3 rings (SSSR count). The number of benzene rings is 2. The van der Waals surface area contributed by atoms with Crippen molar-refractivity contribution >= 4 is 39.2 Å². The van der Waals surface area contributed by atoms with Gasteiger partial charge in [0.15, 0.2) is 0 Å². The maximum absolute atomic E-state index is 12.6. The zero-order chi connectivity index (χ0) is 17.1. The minimum Gasteiger partial charge on any atom is -0.326 e. The predicted molar refractivity (Wildman–Crippen MR) is 98.3 cm³/mol. The first-order chi connectivity index (χ1) is 11.6. The Bertz CT molecular complexity index is 778. The van der Waals surface area contributed by atoms with Gasteiger partial charge in [0, 0.05) is 16.7 Å². The van der Waals surface area contributed by atoms with Crippen LogP contribution in [0.25, 0.3) is 0 Å². The average Bonchev–Trinajstić information content (AvgIpc) is 3.00. The van der Waals surface area contributed by atoms with E-state index in [2.05, 4.69) is 26.6 Å². The lowest BCUT2D eigenvalue weighted by Gasteiger charge is -2.22. The van der Waals surface area contributed by atoms with Crippen molar-refractivity contribution in [3.8, 4) is 0 Å². The summed E-state index contributed by atoms with van der Waals surface area (Å²) in [6.07, 6.45) is 0.845. The lowest BCUT2D eigenvalue weighted by Crippen LogP contribution is -2.47. The van der Waals surface area contributed by atoms with Crippen LogP contribution in [-0.4, -0.2) is 24.5 Å². The highest BCUT2D eigenvalue weighted by atomic mass is 79.9. The Morgan fingerprint density at radius 3 is 2.62 bits per heavy atom. The highest BCUT2D eigenvalue weighted by Gasteiger charge is 2.28. The molecule has 2 N–H and O–H groups in total. The van der Waals surface area contributed by atoms with E-state index in [-0.39, 0.29) is 5.91 Å². The molecule has 5 nitrogen and oxygen atoms in total. The van der Waals surface area contributed by atoms with Gasteiger partial charge in [0.05, 0.1) is 5.69 Å². The third-order valence-electron chi connectivity index (χ3n) is 3.99. The first-order valence-electron chi connectivity index (χ1n) is 7.77. The number of urea groups is 1. The van der Waals surface area contributed by atoms with E-state index in [4.69, 9.17) is 0 Å². The molecule has 0 spiro atoms. The topological polar surface area (TPSA) is 61.4 Å². The van der Waals surface area contributed by atoms with E-state index in [1.54, 1.807) is 17.9 Å². The molecule has 0 fully saturated rings. The summed E-state index contributed by atoms with van der Waals surface area (Å²) < 4.78 is 0.785. The molecule has 2 aromatic carbocycles. The van der Waals surface area contributed by atoms with E-state index < -0.39 is 12.1 Å². The fourth-order valence-electron chi connectivity index (χ4n) is 2.78. The van der Waals surface area contributed by atoms with Crippen LogP contribution in [0.3, 0.4) is 0 Å². The number of hydrogen-bond donors (Lipinski definition) is 2. The summed E-state index contributed by atoms with van der Waals surface area (Å²) in [4.78, 5) is 26.5. The van der Waals surface area contributed by atoms with Crippen LogP contribution in [0.1, 0.15) is 12.5 Å². The number of para-hydroxylation sites is 2. The van der Waals surface area contributed by atoms with Crippen molar-refractivity contribution in [1.82, 2.24) is 5.32 Å². The Hall–Kier alpha value is -2.34. The van der Waals surface area contributed by atoms with Gasteiger partial charge in [0.25, 0.3) is 0 Å². The summed E-state index contributed by atoms with van der Waals surface area (Å²) in [7, 11) is 0. The number of halogens is 1. The van der Waals surface area contributed by atoms with E-state index in [1.807, 2.05) is 42.5 Å². The van der Waals surface area contributed by atoms with Gasteiger partial charge in [-0.3, -0.25) is 4.79 Å². The summed E-state index contributed by atoms with van der Waals surface area (Å²) in [5.41, 5.74) is 2.75. The molecule has 1 unspecified atom stereocenters. The molecular formula is C18H18BrN3O2. The second kappa shape index (κ2) is 7.05. The molecule has 6 heteroatoms.